The highest BCUT2D eigenvalue weighted by Gasteiger charge is 2.63. The average molecular weight is 457 g/mol. The van der Waals surface area contributed by atoms with E-state index in [4.69, 9.17) is 16.4 Å². The molecule has 4 unspecified atom stereocenters. The summed E-state index contributed by atoms with van der Waals surface area (Å²) in [5, 5.41) is 26.5. The number of aliphatic carboxylic acids is 1. The molecule has 0 spiro atoms. The van der Waals surface area contributed by atoms with Crippen LogP contribution < -0.4 is 5.32 Å². The van der Waals surface area contributed by atoms with Gasteiger partial charge < -0.3 is 20.4 Å². The van der Waals surface area contributed by atoms with E-state index in [1.807, 2.05) is 0 Å². The van der Waals surface area contributed by atoms with Crippen LogP contribution in [0.5, 0.6) is 0 Å². The lowest BCUT2D eigenvalue weighted by Gasteiger charge is -2.58. The Kier molecular flexibility index (Phi) is 6.11. The van der Waals surface area contributed by atoms with Crippen molar-refractivity contribution >= 4 is 17.6 Å². The average Bonchev–Trinajstić information content (AvgIpc) is 3.05. The molecule has 4 rings (SSSR count). The first-order chi connectivity index (χ1) is 15.5. The molecule has 7 atom stereocenters. The van der Waals surface area contributed by atoms with E-state index in [1.165, 1.54) is 12.5 Å². The van der Waals surface area contributed by atoms with Crippen LogP contribution in [0, 0.1) is 40.9 Å². The topological polar surface area (TPSA) is 108 Å². The number of fused-ring (bicyclic) bond motifs is 5. The fraction of sp³-hybridized carbons (Fsp3) is 0.731. The summed E-state index contributed by atoms with van der Waals surface area (Å²) in [5.74, 6) is 2.80. The molecule has 4 aliphatic carbocycles. The van der Waals surface area contributed by atoms with Gasteiger partial charge in [0.2, 0.25) is 0 Å². The lowest BCUT2D eigenvalue weighted by atomic mass is 9.46. The predicted octanol–water partition coefficient (Wildman–Crippen LogP) is 3.28. The third-order valence-electron chi connectivity index (χ3n) is 9.49. The highest BCUT2D eigenvalue weighted by Crippen LogP contribution is 2.67. The number of oxime groups is 1. The van der Waals surface area contributed by atoms with E-state index < -0.39 is 23.5 Å². The predicted molar refractivity (Wildman–Crippen MR) is 124 cm³/mol. The standard InChI is InChI=1S/C26H36N2O5/c1-5-26(32)13-10-21-19-7-6-17-14-18(28-33-15-22(29)27-16(2)23(30)31)8-11-24(17,3)20(19)9-12-25(21,26)4/h1,14,16,19-21,32H,6-13,15H2,2-4H3,(H,27,29)(H,30,31)/b28-18+/t16?,19?,20?,21?,24-,25-,26+/m0/s1. The van der Waals surface area contributed by atoms with Crippen LogP contribution >= 0.6 is 0 Å². The van der Waals surface area contributed by atoms with E-state index in [1.54, 1.807) is 0 Å². The number of hydrogen-bond acceptors (Lipinski definition) is 5. The SMILES string of the molecule is C#C[C@@]1(O)CCC2C3CCC4=C/C(=N/OCC(=O)NC(C)C(=O)O)CC[C@]4(C)C3CC[C@@]21C. The lowest BCUT2D eigenvalue weighted by Crippen LogP contribution is -2.54. The summed E-state index contributed by atoms with van der Waals surface area (Å²) in [7, 11) is 0. The number of amides is 1. The van der Waals surface area contributed by atoms with Gasteiger partial charge in [-0.05, 0) is 87.5 Å². The van der Waals surface area contributed by atoms with Crippen LogP contribution in [0.4, 0.5) is 0 Å². The fourth-order valence-corrected chi connectivity index (χ4v) is 7.41. The number of aliphatic hydroxyl groups is 1. The van der Waals surface area contributed by atoms with Crippen molar-refractivity contribution in [2.24, 2.45) is 33.7 Å². The molecule has 0 aromatic heterocycles. The molecular formula is C26H36N2O5. The number of rotatable bonds is 5. The second-order valence-corrected chi connectivity index (χ2v) is 11.0. The summed E-state index contributed by atoms with van der Waals surface area (Å²) in [6.45, 7) is 5.70. The third-order valence-corrected chi connectivity index (χ3v) is 9.49. The first kappa shape index (κ1) is 23.8. The van der Waals surface area contributed by atoms with Crippen molar-refractivity contribution in [1.82, 2.24) is 5.32 Å². The maximum Gasteiger partial charge on any atom is 0.325 e. The highest BCUT2D eigenvalue weighted by atomic mass is 16.6. The van der Waals surface area contributed by atoms with Crippen molar-refractivity contribution in [2.45, 2.75) is 83.8 Å². The Morgan fingerprint density at radius 3 is 2.67 bits per heavy atom. The maximum atomic E-state index is 11.8. The summed E-state index contributed by atoms with van der Waals surface area (Å²) >= 11 is 0. The van der Waals surface area contributed by atoms with Crippen molar-refractivity contribution in [3.05, 3.63) is 11.6 Å². The van der Waals surface area contributed by atoms with Gasteiger partial charge in [0, 0.05) is 5.41 Å². The Morgan fingerprint density at radius 2 is 1.97 bits per heavy atom. The van der Waals surface area contributed by atoms with Crippen molar-refractivity contribution in [3.8, 4) is 12.3 Å². The van der Waals surface area contributed by atoms with E-state index in [9.17, 15) is 14.7 Å². The molecule has 3 fully saturated rings. The number of terminal acetylenes is 1. The molecule has 1 amide bonds. The van der Waals surface area contributed by atoms with Crippen molar-refractivity contribution in [2.75, 3.05) is 6.61 Å². The largest absolute Gasteiger partial charge is 0.480 e. The van der Waals surface area contributed by atoms with Crippen LogP contribution in [0.15, 0.2) is 16.8 Å². The molecular weight excluding hydrogens is 420 g/mol. The van der Waals surface area contributed by atoms with Gasteiger partial charge in [0.1, 0.15) is 11.6 Å². The number of carbonyl (C=O) groups is 2. The van der Waals surface area contributed by atoms with Gasteiger partial charge in [-0.25, -0.2) is 0 Å². The summed E-state index contributed by atoms with van der Waals surface area (Å²) in [6.07, 6.45) is 15.6. The Bertz CT molecular complexity index is 935. The number of nitrogens with one attached hydrogen (secondary N) is 1. The van der Waals surface area contributed by atoms with Gasteiger partial charge >= 0.3 is 5.97 Å². The number of carboxylic acids is 1. The minimum Gasteiger partial charge on any atom is -0.480 e. The summed E-state index contributed by atoms with van der Waals surface area (Å²) in [5.41, 5.74) is 1.21. The van der Waals surface area contributed by atoms with Gasteiger partial charge in [0.25, 0.3) is 5.91 Å². The molecule has 3 N–H and O–H groups in total. The second kappa shape index (κ2) is 8.47. The van der Waals surface area contributed by atoms with Crippen LogP contribution in [-0.2, 0) is 14.4 Å². The van der Waals surface area contributed by atoms with Gasteiger partial charge in [0.15, 0.2) is 6.61 Å². The Morgan fingerprint density at radius 1 is 1.24 bits per heavy atom. The number of carboxylic acid groups (broad SMARTS) is 1. The minimum atomic E-state index is -1.09. The van der Waals surface area contributed by atoms with Gasteiger partial charge in [-0.15, -0.1) is 6.42 Å². The Labute approximate surface area is 196 Å². The zero-order valence-electron chi connectivity index (χ0n) is 19.9. The number of carbonyl (C=O) groups excluding carboxylic acids is 1. The van der Waals surface area contributed by atoms with Gasteiger partial charge in [0.05, 0.1) is 5.71 Å². The van der Waals surface area contributed by atoms with E-state index in [2.05, 4.69) is 36.3 Å². The van der Waals surface area contributed by atoms with Crippen LogP contribution in [0.2, 0.25) is 0 Å². The zero-order valence-corrected chi connectivity index (χ0v) is 19.9. The summed E-state index contributed by atoms with van der Waals surface area (Å²) < 4.78 is 0. The molecule has 7 nitrogen and oxygen atoms in total. The molecule has 4 aliphatic rings. The second-order valence-electron chi connectivity index (χ2n) is 11.0. The van der Waals surface area contributed by atoms with Crippen molar-refractivity contribution in [1.29, 1.82) is 0 Å². The Hall–Kier alpha value is -2.33. The van der Waals surface area contributed by atoms with E-state index >= 15 is 0 Å². The molecule has 7 heteroatoms. The van der Waals surface area contributed by atoms with Gasteiger partial charge in [-0.1, -0.05) is 30.5 Å². The molecule has 0 heterocycles. The smallest absolute Gasteiger partial charge is 0.325 e. The Balaban J connectivity index is 1.43. The lowest BCUT2D eigenvalue weighted by molar-refractivity contribution is -0.142. The van der Waals surface area contributed by atoms with Gasteiger partial charge in [-0.2, -0.15) is 0 Å². The van der Waals surface area contributed by atoms with E-state index in [-0.39, 0.29) is 17.4 Å². The van der Waals surface area contributed by atoms with Crippen LogP contribution in [0.3, 0.4) is 0 Å². The molecule has 3 saturated carbocycles. The van der Waals surface area contributed by atoms with Crippen LogP contribution in [0.1, 0.15) is 72.1 Å². The number of nitrogens with zero attached hydrogens (tertiary/aromatic N) is 1. The maximum absolute atomic E-state index is 11.8. The molecule has 0 aliphatic heterocycles. The molecule has 0 aromatic rings. The van der Waals surface area contributed by atoms with E-state index in [0.29, 0.717) is 24.2 Å². The zero-order chi connectivity index (χ0) is 24.0. The molecule has 0 radical (unpaired) electrons. The first-order valence-electron chi connectivity index (χ1n) is 12.2. The summed E-state index contributed by atoms with van der Waals surface area (Å²) in [4.78, 5) is 27.9. The molecule has 33 heavy (non-hydrogen) atoms. The summed E-state index contributed by atoms with van der Waals surface area (Å²) in [6, 6.07) is -0.963. The quantitative estimate of drug-likeness (QED) is 0.435. The number of hydrogen-bond donors (Lipinski definition) is 3. The van der Waals surface area contributed by atoms with Crippen molar-refractivity contribution in [3.63, 3.8) is 0 Å². The molecule has 0 bridgehead atoms. The monoisotopic (exact) mass is 456 g/mol. The highest BCUT2D eigenvalue weighted by molar-refractivity contribution is 5.96. The molecule has 180 valence electrons. The third kappa shape index (κ3) is 3.86. The minimum absolute atomic E-state index is 0.119. The normalized spacial score (nSPS) is 41.6. The fourth-order valence-electron chi connectivity index (χ4n) is 7.41. The molecule has 0 saturated heterocycles. The van der Waals surface area contributed by atoms with Gasteiger partial charge in [-0.3, -0.25) is 9.59 Å². The van der Waals surface area contributed by atoms with Crippen molar-refractivity contribution < 1.29 is 24.6 Å². The number of allylic oxidation sites excluding steroid dienone is 2. The first-order valence-corrected chi connectivity index (χ1v) is 12.2. The molecule has 0 aromatic carbocycles. The van der Waals surface area contributed by atoms with E-state index in [0.717, 1.165) is 50.7 Å². The van der Waals surface area contributed by atoms with Crippen LogP contribution in [-0.4, -0.2) is 46.1 Å². The van der Waals surface area contributed by atoms with Crippen LogP contribution in [0.25, 0.3) is 0 Å².